The monoisotopic (exact) mass is 441 g/mol. The fourth-order valence-electron chi connectivity index (χ4n) is 3.93. The topological polar surface area (TPSA) is 57.0 Å². The number of carbonyl (C=O) groups excluding carboxylic acids is 1. The highest BCUT2D eigenvalue weighted by Crippen LogP contribution is 2.27. The van der Waals surface area contributed by atoms with E-state index in [1.54, 1.807) is 6.20 Å². The van der Waals surface area contributed by atoms with Gasteiger partial charge in [-0.15, -0.1) is 0 Å². The minimum atomic E-state index is -0.536. The molecule has 0 aliphatic heterocycles. The highest BCUT2D eigenvalue weighted by molar-refractivity contribution is 5.97. The SMILES string of the molecule is CCCCc1nc2ncccc2n1Cc1ccc(-c2ccccc2C(=O)OC(C)(C)C)cc1. The average Bonchev–Trinajstić information content (AvgIpc) is 3.14. The van der Waals surface area contributed by atoms with Crippen LogP contribution in [0.1, 0.15) is 62.3 Å². The second kappa shape index (κ2) is 9.57. The Labute approximate surface area is 195 Å². The van der Waals surface area contributed by atoms with Crippen molar-refractivity contribution in [2.75, 3.05) is 0 Å². The first-order valence-electron chi connectivity index (χ1n) is 11.6. The number of aromatic nitrogens is 3. The number of imidazole rings is 1. The lowest BCUT2D eigenvalue weighted by Gasteiger charge is -2.20. The summed E-state index contributed by atoms with van der Waals surface area (Å²) in [6.45, 7) is 8.57. The van der Waals surface area contributed by atoms with E-state index in [2.05, 4.69) is 46.8 Å². The van der Waals surface area contributed by atoms with Gasteiger partial charge in [0.2, 0.25) is 0 Å². The van der Waals surface area contributed by atoms with Gasteiger partial charge >= 0.3 is 5.97 Å². The van der Waals surface area contributed by atoms with Crippen LogP contribution in [-0.2, 0) is 17.7 Å². The van der Waals surface area contributed by atoms with Crippen molar-refractivity contribution in [2.24, 2.45) is 0 Å². The van der Waals surface area contributed by atoms with Crippen LogP contribution in [0.4, 0.5) is 0 Å². The Hall–Kier alpha value is -3.47. The summed E-state index contributed by atoms with van der Waals surface area (Å²) in [5.74, 6) is 0.769. The van der Waals surface area contributed by atoms with Crippen LogP contribution in [0.5, 0.6) is 0 Å². The van der Waals surface area contributed by atoms with Crippen molar-refractivity contribution < 1.29 is 9.53 Å². The molecule has 0 bridgehead atoms. The van der Waals surface area contributed by atoms with E-state index in [4.69, 9.17) is 9.72 Å². The maximum atomic E-state index is 12.7. The van der Waals surface area contributed by atoms with Crippen LogP contribution < -0.4 is 0 Å². The third-order valence-electron chi connectivity index (χ3n) is 5.51. The molecule has 0 fully saturated rings. The molecule has 0 radical (unpaired) electrons. The number of hydrogen-bond donors (Lipinski definition) is 0. The third-order valence-corrected chi connectivity index (χ3v) is 5.51. The van der Waals surface area contributed by atoms with Crippen LogP contribution in [0.2, 0.25) is 0 Å². The molecular formula is C28H31N3O2. The first-order valence-corrected chi connectivity index (χ1v) is 11.6. The molecule has 4 rings (SSSR count). The van der Waals surface area contributed by atoms with E-state index in [1.807, 2.05) is 51.1 Å². The number of esters is 1. The Bertz CT molecular complexity index is 1250. The van der Waals surface area contributed by atoms with Crippen molar-refractivity contribution in [2.45, 2.75) is 59.1 Å². The van der Waals surface area contributed by atoms with Gasteiger partial charge < -0.3 is 9.30 Å². The van der Waals surface area contributed by atoms with Gasteiger partial charge in [0.25, 0.3) is 0 Å². The first-order chi connectivity index (χ1) is 15.9. The first kappa shape index (κ1) is 22.7. The summed E-state index contributed by atoms with van der Waals surface area (Å²) in [6.07, 6.45) is 4.96. The average molecular weight is 442 g/mol. The fourth-order valence-corrected chi connectivity index (χ4v) is 3.93. The van der Waals surface area contributed by atoms with Crippen molar-refractivity contribution in [1.29, 1.82) is 0 Å². The van der Waals surface area contributed by atoms with E-state index >= 15 is 0 Å². The summed E-state index contributed by atoms with van der Waals surface area (Å²) in [5.41, 5.74) is 4.94. The molecule has 0 saturated carbocycles. The van der Waals surface area contributed by atoms with E-state index in [-0.39, 0.29) is 5.97 Å². The molecule has 33 heavy (non-hydrogen) atoms. The van der Waals surface area contributed by atoms with Crippen LogP contribution in [0.3, 0.4) is 0 Å². The molecule has 0 spiro atoms. The van der Waals surface area contributed by atoms with Crippen molar-refractivity contribution in [3.05, 3.63) is 83.8 Å². The van der Waals surface area contributed by atoms with E-state index < -0.39 is 5.60 Å². The molecule has 2 aromatic heterocycles. The normalized spacial score (nSPS) is 11.6. The lowest BCUT2D eigenvalue weighted by Crippen LogP contribution is -2.24. The zero-order chi connectivity index (χ0) is 23.4. The molecule has 0 N–H and O–H groups in total. The van der Waals surface area contributed by atoms with E-state index in [0.717, 1.165) is 53.9 Å². The molecule has 170 valence electrons. The Morgan fingerprint density at radius 2 is 1.76 bits per heavy atom. The van der Waals surface area contributed by atoms with Crippen LogP contribution in [0.15, 0.2) is 66.9 Å². The predicted molar refractivity (Wildman–Crippen MR) is 132 cm³/mol. The fraction of sp³-hybridized carbons (Fsp3) is 0.321. The summed E-state index contributed by atoms with van der Waals surface area (Å²) in [6, 6.07) is 20.0. The Kier molecular flexibility index (Phi) is 6.59. The Morgan fingerprint density at radius 1 is 1.00 bits per heavy atom. The Balaban J connectivity index is 1.62. The summed E-state index contributed by atoms with van der Waals surface area (Å²) < 4.78 is 7.88. The van der Waals surface area contributed by atoms with Gasteiger partial charge in [-0.05, 0) is 62.1 Å². The number of aryl methyl sites for hydroxylation is 1. The van der Waals surface area contributed by atoms with E-state index in [9.17, 15) is 4.79 Å². The van der Waals surface area contributed by atoms with Gasteiger partial charge in [-0.2, -0.15) is 0 Å². The largest absolute Gasteiger partial charge is 0.456 e. The van der Waals surface area contributed by atoms with E-state index in [0.29, 0.717) is 5.56 Å². The molecule has 5 heteroatoms. The second-order valence-electron chi connectivity index (χ2n) is 9.31. The second-order valence-corrected chi connectivity index (χ2v) is 9.31. The highest BCUT2D eigenvalue weighted by atomic mass is 16.6. The van der Waals surface area contributed by atoms with Crippen LogP contribution in [0, 0.1) is 0 Å². The van der Waals surface area contributed by atoms with E-state index in [1.165, 1.54) is 5.56 Å². The van der Waals surface area contributed by atoms with Crippen molar-refractivity contribution in [3.63, 3.8) is 0 Å². The number of pyridine rings is 1. The van der Waals surface area contributed by atoms with Crippen LogP contribution in [0.25, 0.3) is 22.3 Å². The molecule has 0 saturated heterocycles. The minimum absolute atomic E-state index is 0.305. The zero-order valence-electron chi connectivity index (χ0n) is 19.8. The summed E-state index contributed by atoms with van der Waals surface area (Å²) in [5, 5.41) is 0. The maximum Gasteiger partial charge on any atom is 0.339 e. The maximum absolute atomic E-state index is 12.7. The Morgan fingerprint density at radius 3 is 2.48 bits per heavy atom. The van der Waals surface area contributed by atoms with Crippen LogP contribution >= 0.6 is 0 Å². The number of ether oxygens (including phenoxy) is 1. The number of carbonyl (C=O) groups is 1. The molecule has 0 aliphatic rings. The van der Waals surface area contributed by atoms with Gasteiger partial charge in [0.15, 0.2) is 5.65 Å². The summed E-state index contributed by atoms with van der Waals surface area (Å²) >= 11 is 0. The zero-order valence-corrected chi connectivity index (χ0v) is 19.8. The molecule has 2 aromatic carbocycles. The number of unbranched alkanes of at least 4 members (excludes halogenated alkanes) is 1. The van der Waals surface area contributed by atoms with Gasteiger partial charge in [0.05, 0.1) is 11.1 Å². The number of nitrogens with zero attached hydrogens (tertiary/aromatic N) is 3. The molecular weight excluding hydrogens is 410 g/mol. The number of hydrogen-bond acceptors (Lipinski definition) is 4. The predicted octanol–water partition coefficient (Wildman–Crippen LogP) is 6.44. The van der Waals surface area contributed by atoms with Crippen molar-refractivity contribution in [1.82, 2.24) is 14.5 Å². The molecule has 0 atom stereocenters. The lowest BCUT2D eigenvalue weighted by atomic mass is 9.98. The third kappa shape index (κ3) is 5.30. The number of benzene rings is 2. The standard InChI is InChI=1S/C28H31N3O2/c1-5-6-13-25-30-26-24(12-9-18-29-26)31(25)19-20-14-16-21(17-15-20)22-10-7-8-11-23(22)27(32)33-28(2,3)4/h7-12,14-18H,5-6,13,19H2,1-4H3. The molecule has 2 heterocycles. The molecule has 0 unspecified atom stereocenters. The van der Waals surface area contributed by atoms with Crippen LogP contribution in [-0.4, -0.2) is 26.1 Å². The van der Waals surface area contributed by atoms with Gasteiger partial charge in [-0.1, -0.05) is 55.8 Å². The molecule has 4 aromatic rings. The molecule has 5 nitrogen and oxygen atoms in total. The number of fused-ring (bicyclic) bond motifs is 1. The highest BCUT2D eigenvalue weighted by Gasteiger charge is 2.20. The molecule has 0 aliphatic carbocycles. The lowest BCUT2D eigenvalue weighted by molar-refractivity contribution is 0.00704. The summed E-state index contributed by atoms with van der Waals surface area (Å²) in [7, 11) is 0. The van der Waals surface area contributed by atoms with Crippen molar-refractivity contribution >= 4 is 17.1 Å². The molecule has 0 amide bonds. The quantitative estimate of drug-likeness (QED) is 0.310. The van der Waals surface area contributed by atoms with Crippen molar-refractivity contribution in [3.8, 4) is 11.1 Å². The number of rotatable bonds is 7. The van der Waals surface area contributed by atoms with Gasteiger partial charge in [-0.3, -0.25) is 0 Å². The smallest absolute Gasteiger partial charge is 0.339 e. The minimum Gasteiger partial charge on any atom is -0.456 e. The van der Waals surface area contributed by atoms with Gasteiger partial charge in [0, 0.05) is 19.2 Å². The summed E-state index contributed by atoms with van der Waals surface area (Å²) in [4.78, 5) is 22.0. The van der Waals surface area contributed by atoms with Gasteiger partial charge in [0.1, 0.15) is 11.4 Å². The van der Waals surface area contributed by atoms with Gasteiger partial charge in [-0.25, -0.2) is 14.8 Å².